The van der Waals surface area contributed by atoms with Gasteiger partial charge in [-0.1, -0.05) is 17.7 Å². The van der Waals surface area contributed by atoms with Crippen LogP contribution in [0.15, 0.2) is 59.3 Å². The molecule has 0 saturated carbocycles. The molecule has 0 N–H and O–H groups in total. The maximum Gasteiger partial charge on any atom is 0.159 e. The van der Waals surface area contributed by atoms with Crippen molar-refractivity contribution in [2.75, 3.05) is 0 Å². The molecule has 0 aliphatic carbocycles. The van der Waals surface area contributed by atoms with Crippen LogP contribution in [0.1, 0.15) is 22.4 Å². The molecule has 5 rings (SSSR count). The summed E-state index contributed by atoms with van der Waals surface area (Å²) in [5.74, 6) is 0.726. The second-order valence-electron chi connectivity index (χ2n) is 7.34. The van der Waals surface area contributed by atoms with Gasteiger partial charge in [-0.05, 0) is 62.2 Å². The summed E-state index contributed by atoms with van der Waals surface area (Å²) in [6.45, 7) is 6.26. The first kappa shape index (κ1) is 17.2. The van der Waals surface area contributed by atoms with E-state index in [0.29, 0.717) is 5.69 Å². The minimum absolute atomic E-state index is 0.384. The average molecular weight is 378 g/mol. The van der Waals surface area contributed by atoms with Gasteiger partial charge in [0, 0.05) is 23.3 Å². The van der Waals surface area contributed by atoms with Gasteiger partial charge in [0.15, 0.2) is 11.3 Å². The average Bonchev–Trinajstić information content (AvgIpc) is 3.28. The number of fused-ring (bicyclic) bond motifs is 3. The predicted molar refractivity (Wildman–Crippen MR) is 113 cm³/mol. The van der Waals surface area contributed by atoms with Crippen molar-refractivity contribution < 1.29 is 4.42 Å². The zero-order chi connectivity index (χ0) is 20.1. The highest BCUT2D eigenvalue weighted by Gasteiger charge is 2.17. The van der Waals surface area contributed by atoms with E-state index in [1.54, 1.807) is 12.4 Å². The number of furan rings is 1. The molecule has 0 aliphatic heterocycles. The van der Waals surface area contributed by atoms with Crippen LogP contribution in [0.5, 0.6) is 0 Å². The lowest BCUT2D eigenvalue weighted by atomic mass is 10.0. The van der Waals surface area contributed by atoms with E-state index in [9.17, 15) is 5.26 Å². The molecule has 5 heteroatoms. The molecule has 0 aliphatic rings. The molecule has 0 spiro atoms. The van der Waals surface area contributed by atoms with Crippen LogP contribution in [-0.4, -0.2) is 14.5 Å². The number of aromatic nitrogens is 3. The van der Waals surface area contributed by atoms with E-state index in [-0.39, 0.29) is 0 Å². The fraction of sp³-hybridized carbons (Fsp3) is 0.125. The standard InChI is InChI=1S/C24H18N4O/c1-14-9-15(2)23(16(3)10-14)28-13-18(12-25)27-24(28)17-6-7-20-19(11-17)22-21(29-20)5-4-8-26-22/h4-11,13H,1-3H3. The lowest BCUT2D eigenvalue weighted by Gasteiger charge is -2.15. The molecule has 0 atom stereocenters. The van der Waals surface area contributed by atoms with Gasteiger partial charge in [-0.15, -0.1) is 0 Å². The van der Waals surface area contributed by atoms with E-state index in [1.165, 1.54) is 5.56 Å². The molecule has 0 radical (unpaired) electrons. The molecule has 0 unspecified atom stereocenters. The summed E-state index contributed by atoms with van der Waals surface area (Å²) in [5.41, 5.74) is 8.20. The van der Waals surface area contributed by atoms with Gasteiger partial charge >= 0.3 is 0 Å². The molecular weight excluding hydrogens is 360 g/mol. The highest BCUT2D eigenvalue weighted by molar-refractivity contribution is 6.03. The van der Waals surface area contributed by atoms with E-state index in [0.717, 1.165) is 50.3 Å². The summed E-state index contributed by atoms with van der Waals surface area (Å²) >= 11 is 0. The maximum absolute atomic E-state index is 9.48. The van der Waals surface area contributed by atoms with Gasteiger partial charge in [0.2, 0.25) is 0 Å². The molecule has 0 bridgehead atoms. The largest absolute Gasteiger partial charge is 0.454 e. The number of hydrogen-bond donors (Lipinski definition) is 0. The van der Waals surface area contributed by atoms with Crippen molar-refractivity contribution in [2.45, 2.75) is 20.8 Å². The van der Waals surface area contributed by atoms with Gasteiger partial charge in [0.25, 0.3) is 0 Å². The number of pyridine rings is 1. The monoisotopic (exact) mass is 378 g/mol. The fourth-order valence-corrected chi connectivity index (χ4v) is 4.10. The normalized spacial score (nSPS) is 11.2. The molecule has 5 nitrogen and oxygen atoms in total. The quantitative estimate of drug-likeness (QED) is 0.399. The Morgan fingerprint density at radius 2 is 1.79 bits per heavy atom. The zero-order valence-corrected chi connectivity index (χ0v) is 16.4. The molecule has 0 fully saturated rings. The van der Waals surface area contributed by atoms with Crippen LogP contribution in [0.2, 0.25) is 0 Å². The molecular formula is C24H18N4O. The van der Waals surface area contributed by atoms with Crippen LogP contribution < -0.4 is 0 Å². The van der Waals surface area contributed by atoms with E-state index in [4.69, 9.17) is 4.42 Å². The van der Waals surface area contributed by atoms with Crippen LogP contribution >= 0.6 is 0 Å². The van der Waals surface area contributed by atoms with Gasteiger partial charge in [0.05, 0.1) is 5.69 Å². The van der Waals surface area contributed by atoms with Gasteiger partial charge < -0.3 is 4.42 Å². The molecule has 0 saturated heterocycles. The lowest BCUT2D eigenvalue weighted by Crippen LogP contribution is -2.02. The van der Waals surface area contributed by atoms with Crippen molar-refractivity contribution in [1.82, 2.24) is 14.5 Å². The Morgan fingerprint density at radius 3 is 2.55 bits per heavy atom. The number of benzene rings is 2. The summed E-state index contributed by atoms with van der Waals surface area (Å²) in [7, 11) is 0. The summed E-state index contributed by atoms with van der Waals surface area (Å²) in [6.07, 6.45) is 3.56. The van der Waals surface area contributed by atoms with E-state index >= 15 is 0 Å². The molecule has 5 aromatic rings. The maximum atomic E-state index is 9.48. The van der Waals surface area contributed by atoms with E-state index < -0.39 is 0 Å². The van der Waals surface area contributed by atoms with Crippen LogP contribution in [0, 0.1) is 32.1 Å². The summed E-state index contributed by atoms with van der Waals surface area (Å²) in [6, 6.07) is 16.2. The minimum atomic E-state index is 0.384. The van der Waals surface area contributed by atoms with Crippen LogP contribution in [0.3, 0.4) is 0 Å². The second kappa shape index (κ2) is 6.32. The number of hydrogen-bond acceptors (Lipinski definition) is 4. The Morgan fingerprint density at radius 1 is 1.00 bits per heavy atom. The molecule has 3 aromatic heterocycles. The smallest absolute Gasteiger partial charge is 0.159 e. The number of imidazole rings is 1. The molecule has 2 aromatic carbocycles. The first-order valence-electron chi connectivity index (χ1n) is 9.40. The van der Waals surface area contributed by atoms with Crippen molar-refractivity contribution >= 4 is 22.1 Å². The summed E-state index contributed by atoms with van der Waals surface area (Å²) in [4.78, 5) is 9.07. The molecule has 29 heavy (non-hydrogen) atoms. The predicted octanol–water partition coefficient (Wildman–Crippen LogP) is 5.63. The van der Waals surface area contributed by atoms with E-state index in [2.05, 4.69) is 48.9 Å². The zero-order valence-electron chi connectivity index (χ0n) is 16.4. The number of nitrogens with zero attached hydrogens (tertiary/aromatic N) is 4. The third kappa shape index (κ3) is 2.69. The first-order valence-corrected chi connectivity index (χ1v) is 9.40. The van der Waals surface area contributed by atoms with Crippen LogP contribution in [0.25, 0.3) is 39.1 Å². The summed E-state index contributed by atoms with van der Waals surface area (Å²) < 4.78 is 7.91. The Bertz CT molecular complexity index is 1430. The van der Waals surface area contributed by atoms with E-state index in [1.807, 2.05) is 34.9 Å². The van der Waals surface area contributed by atoms with Gasteiger partial charge in [-0.2, -0.15) is 5.26 Å². The molecule has 0 amide bonds. The SMILES string of the molecule is Cc1cc(C)c(-n2cc(C#N)nc2-c2ccc3oc4cccnc4c3c2)c(C)c1. The molecule has 140 valence electrons. The van der Waals surface area contributed by atoms with Crippen LogP contribution in [0.4, 0.5) is 0 Å². The van der Waals surface area contributed by atoms with Crippen molar-refractivity contribution in [2.24, 2.45) is 0 Å². The van der Waals surface area contributed by atoms with Gasteiger partial charge in [0.1, 0.15) is 23.0 Å². The van der Waals surface area contributed by atoms with Gasteiger partial charge in [-0.25, -0.2) is 4.98 Å². The van der Waals surface area contributed by atoms with Crippen LogP contribution in [-0.2, 0) is 0 Å². The van der Waals surface area contributed by atoms with Crippen molar-refractivity contribution in [3.63, 3.8) is 0 Å². The topological polar surface area (TPSA) is 67.6 Å². The lowest BCUT2D eigenvalue weighted by molar-refractivity contribution is 0.668. The first-order chi connectivity index (χ1) is 14.0. The number of rotatable bonds is 2. The third-order valence-electron chi connectivity index (χ3n) is 5.18. The van der Waals surface area contributed by atoms with Gasteiger partial charge in [-0.3, -0.25) is 9.55 Å². The summed E-state index contributed by atoms with van der Waals surface area (Å²) in [5, 5.41) is 10.4. The fourth-order valence-electron chi connectivity index (χ4n) is 4.10. The third-order valence-corrected chi connectivity index (χ3v) is 5.18. The Balaban J connectivity index is 1.78. The Labute approximate surface area is 167 Å². The molecule has 3 heterocycles. The number of aryl methyl sites for hydroxylation is 3. The highest BCUT2D eigenvalue weighted by atomic mass is 16.3. The van der Waals surface area contributed by atoms with Crippen molar-refractivity contribution in [3.8, 4) is 23.1 Å². The Kier molecular flexibility index (Phi) is 3.75. The van der Waals surface area contributed by atoms with Crippen molar-refractivity contribution in [3.05, 3.63) is 77.2 Å². The second-order valence-corrected chi connectivity index (χ2v) is 7.34. The highest BCUT2D eigenvalue weighted by Crippen LogP contribution is 2.33. The number of nitriles is 1. The Hall–Kier alpha value is -3.91. The van der Waals surface area contributed by atoms with Crippen molar-refractivity contribution in [1.29, 1.82) is 5.26 Å². The minimum Gasteiger partial charge on any atom is -0.454 e.